The Morgan fingerprint density at radius 2 is 2.06 bits per heavy atom. The molecule has 0 spiro atoms. The summed E-state index contributed by atoms with van der Waals surface area (Å²) in [5, 5.41) is 15.2. The second-order valence-corrected chi connectivity index (χ2v) is 4.09. The molecule has 1 rings (SSSR count). The van der Waals surface area contributed by atoms with Crippen LogP contribution in [0.4, 0.5) is 5.69 Å². The molecule has 0 bridgehead atoms. The van der Waals surface area contributed by atoms with Gasteiger partial charge < -0.3 is 20.5 Å². The topological polar surface area (TPSA) is 70.6 Å². The molecule has 3 N–H and O–H groups in total. The lowest BCUT2D eigenvalue weighted by Gasteiger charge is -2.16. The number of aliphatic hydroxyl groups is 1. The van der Waals surface area contributed by atoms with E-state index in [1.54, 1.807) is 6.92 Å². The van der Waals surface area contributed by atoms with Crippen LogP contribution in [0.3, 0.4) is 0 Å². The zero-order valence-electron chi connectivity index (χ0n) is 10.7. The SMILES string of the molecule is COCC(O)CNC(C)C(=O)Nc1ccccc1. The molecule has 1 aromatic carbocycles. The molecule has 18 heavy (non-hydrogen) atoms. The van der Waals surface area contributed by atoms with Crippen molar-refractivity contribution in [2.45, 2.75) is 19.1 Å². The second kappa shape index (κ2) is 7.81. The molecule has 0 aliphatic carbocycles. The van der Waals surface area contributed by atoms with E-state index in [0.29, 0.717) is 6.54 Å². The van der Waals surface area contributed by atoms with Crippen molar-refractivity contribution >= 4 is 11.6 Å². The van der Waals surface area contributed by atoms with Crippen molar-refractivity contribution in [1.82, 2.24) is 5.32 Å². The average molecular weight is 252 g/mol. The van der Waals surface area contributed by atoms with Crippen molar-refractivity contribution in [1.29, 1.82) is 0 Å². The van der Waals surface area contributed by atoms with Gasteiger partial charge in [-0.05, 0) is 19.1 Å². The Labute approximate surface area is 107 Å². The van der Waals surface area contributed by atoms with Crippen LogP contribution in [0.5, 0.6) is 0 Å². The van der Waals surface area contributed by atoms with Crippen molar-refractivity contribution in [3.63, 3.8) is 0 Å². The van der Waals surface area contributed by atoms with Gasteiger partial charge in [0.1, 0.15) is 0 Å². The molecule has 1 aromatic rings. The van der Waals surface area contributed by atoms with Gasteiger partial charge in [-0.3, -0.25) is 4.79 Å². The van der Waals surface area contributed by atoms with Crippen molar-refractivity contribution in [3.05, 3.63) is 30.3 Å². The normalized spacial score (nSPS) is 13.9. The average Bonchev–Trinajstić information content (AvgIpc) is 2.37. The number of para-hydroxylation sites is 1. The van der Waals surface area contributed by atoms with Gasteiger partial charge >= 0.3 is 0 Å². The molecule has 5 heteroatoms. The summed E-state index contributed by atoms with van der Waals surface area (Å²) in [7, 11) is 1.52. The van der Waals surface area contributed by atoms with Crippen LogP contribution in [0.25, 0.3) is 0 Å². The number of carbonyl (C=O) groups excluding carboxylic acids is 1. The van der Waals surface area contributed by atoms with E-state index in [4.69, 9.17) is 4.74 Å². The van der Waals surface area contributed by atoms with Crippen LogP contribution in [0.2, 0.25) is 0 Å². The second-order valence-electron chi connectivity index (χ2n) is 4.09. The summed E-state index contributed by atoms with van der Waals surface area (Å²) in [5.74, 6) is -0.134. The number of ether oxygens (including phenoxy) is 1. The van der Waals surface area contributed by atoms with Gasteiger partial charge in [0.15, 0.2) is 0 Å². The Bertz CT molecular complexity index is 357. The highest BCUT2D eigenvalue weighted by Gasteiger charge is 2.13. The fourth-order valence-electron chi connectivity index (χ4n) is 1.43. The molecule has 2 unspecified atom stereocenters. The van der Waals surface area contributed by atoms with Crippen molar-refractivity contribution < 1.29 is 14.6 Å². The maximum Gasteiger partial charge on any atom is 0.241 e. The van der Waals surface area contributed by atoms with Gasteiger partial charge in [0, 0.05) is 19.3 Å². The lowest BCUT2D eigenvalue weighted by Crippen LogP contribution is -2.42. The maximum absolute atomic E-state index is 11.8. The number of amides is 1. The molecule has 0 aromatic heterocycles. The number of hydrogen-bond acceptors (Lipinski definition) is 4. The van der Waals surface area contributed by atoms with Crippen molar-refractivity contribution in [2.75, 3.05) is 25.6 Å². The Morgan fingerprint density at radius 3 is 2.67 bits per heavy atom. The summed E-state index contributed by atoms with van der Waals surface area (Å²) in [6.45, 7) is 2.31. The van der Waals surface area contributed by atoms with E-state index in [-0.39, 0.29) is 18.6 Å². The highest BCUT2D eigenvalue weighted by molar-refractivity contribution is 5.94. The summed E-state index contributed by atoms with van der Waals surface area (Å²) in [6.07, 6.45) is -0.609. The van der Waals surface area contributed by atoms with E-state index < -0.39 is 6.10 Å². The molecule has 0 heterocycles. The molecule has 0 radical (unpaired) electrons. The molecule has 2 atom stereocenters. The largest absolute Gasteiger partial charge is 0.389 e. The van der Waals surface area contributed by atoms with E-state index >= 15 is 0 Å². The monoisotopic (exact) mass is 252 g/mol. The third-order valence-corrected chi connectivity index (χ3v) is 2.45. The molecule has 0 saturated heterocycles. The van der Waals surface area contributed by atoms with Gasteiger partial charge in [-0.25, -0.2) is 0 Å². The van der Waals surface area contributed by atoms with Gasteiger partial charge in [0.2, 0.25) is 5.91 Å². The molecule has 0 aliphatic heterocycles. The lowest BCUT2D eigenvalue weighted by molar-refractivity contribution is -0.117. The first-order valence-electron chi connectivity index (χ1n) is 5.89. The number of rotatable bonds is 7. The van der Waals surface area contributed by atoms with Crippen molar-refractivity contribution in [2.24, 2.45) is 0 Å². The predicted octanol–water partition coefficient (Wildman–Crippen LogP) is 0.610. The summed E-state index contributed by atoms with van der Waals surface area (Å²) in [5.41, 5.74) is 0.758. The van der Waals surface area contributed by atoms with Gasteiger partial charge in [0.25, 0.3) is 0 Å². The van der Waals surface area contributed by atoms with Gasteiger partial charge in [0.05, 0.1) is 18.8 Å². The van der Waals surface area contributed by atoms with E-state index in [2.05, 4.69) is 10.6 Å². The van der Waals surface area contributed by atoms with E-state index in [1.165, 1.54) is 7.11 Å². The number of methoxy groups -OCH3 is 1. The van der Waals surface area contributed by atoms with Crippen LogP contribution in [0, 0.1) is 0 Å². The Balaban J connectivity index is 2.33. The Kier molecular flexibility index (Phi) is 6.35. The molecule has 1 amide bonds. The fraction of sp³-hybridized carbons (Fsp3) is 0.462. The summed E-state index contributed by atoms with van der Waals surface area (Å²) >= 11 is 0. The summed E-state index contributed by atoms with van der Waals surface area (Å²) in [6, 6.07) is 8.87. The van der Waals surface area contributed by atoms with Gasteiger partial charge in [-0.15, -0.1) is 0 Å². The van der Waals surface area contributed by atoms with Gasteiger partial charge in [-0.2, -0.15) is 0 Å². The number of benzene rings is 1. The number of hydrogen-bond donors (Lipinski definition) is 3. The molecule has 0 fully saturated rings. The molecule has 5 nitrogen and oxygen atoms in total. The van der Waals surface area contributed by atoms with E-state index in [1.807, 2.05) is 30.3 Å². The number of nitrogens with one attached hydrogen (secondary N) is 2. The summed E-state index contributed by atoms with van der Waals surface area (Å²) in [4.78, 5) is 11.8. The lowest BCUT2D eigenvalue weighted by atomic mass is 10.2. The van der Waals surface area contributed by atoms with Crippen LogP contribution in [-0.4, -0.2) is 43.4 Å². The highest BCUT2D eigenvalue weighted by Crippen LogP contribution is 2.05. The van der Waals surface area contributed by atoms with Crippen LogP contribution < -0.4 is 10.6 Å². The van der Waals surface area contributed by atoms with Crippen molar-refractivity contribution in [3.8, 4) is 0 Å². The highest BCUT2D eigenvalue weighted by atomic mass is 16.5. The zero-order chi connectivity index (χ0) is 13.4. The quantitative estimate of drug-likeness (QED) is 0.665. The molecule has 0 aliphatic rings. The van der Waals surface area contributed by atoms with Crippen LogP contribution >= 0.6 is 0 Å². The van der Waals surface area contributed by atoms with Gasteiger partial charge in [-0.1, -0.05) is 18.2 Å². The molecule has 100 valence electrons. The molecular formula is C13H20N2O3. The summed E-state index contributed by atoms with van der Waals surface area (Å²) < 4.78 is 4.80. The maximum atomic E-state index is 11.8. The predicted molar refractivity (Wildman–Crippen MR) is 70.4 cm³/mol. The zero-order valence-corrected chi connectivity index (χ0v) is 10.7. The standard InChI is InChI=1S/C13H20N2O3/c1-10(14-8-12(16)9-18-2)13(17)15-11-6-4-3-5-7-11/h3-7,10,12,14,16H,8-9H2,1-2H3,(H,15,17). The first-order valence-corrected chi connectivity index (χ1v) is 5.89. The Hall–Kier alpha value is -1.43. The number of anilines is 1. The third-order valence-electron chi connectivity index (χ3n) is 2.45. The Morgan fingerprint density at radius 1 is 1.39 bits per heavy atom. The number of aliphatic hydroxyl groups excluding tert-OH is 1. The van der Waals surface area contributed by atoms with E-state index in [0.717, 1.165) is 5.69 Å². The first-order chi connectivity index (χ1) is 8.63. The minimum Gasteiger partial charge on any atom is -0.389 e. The van der Waals surface area contributed by atoms with Crippen LogP contribution in [0.15, 0.2) is 30.3 Å². The third kappa shape index (κ3) is 5.27. The number of carbonyl (C=O) groups is 1. The minimum atomic E-state index is -0.609. The molecule has 0 saturated carbocycles. The van der Waals surface area contributed by atoms with E-state index in [9.17, 15) is 9.90 Å². The smallest absolute Gasteiger partial charge is 0.241 e. The molecular weight excluding hydrogens is 232 g/mol. The minimum absolute atomic E-state index is 0.134. The first kappa shape index (κ1) is 14.6. The fourth-order valence-corrected chi connectivity index (χ4v) is 1.43. The van der Waals surface area contributed by atoms with Crippen LogP contribution in [-0.2, 0) is 9.53 Å². The van der Waals surface area contributed by atoms with Crippen LogP contribution in [0.1, 0.15) is 6.92 Å².